The minimum absolute atomic E-state index is 0.379. The summed E-state index contributed by atoms with van der Waals surface area (Å²) < 4.78 is 0. The summed E-state index contributed by atoms with van der Waals surface area (Å²) in [4.78, 5) is 10.5. The van der Waals surface area contributed by atoms with Crippen LogP contribution in [-0.4, -0.2) is 22.3 Å². The van der Waals surface area contributed by atoms with Gasteiger partial charge in [0.2, 0.25) is 0 Å². The summed E-state index contributed by atoms with van der Waals surface area (Å²) in [6, 6.07) is 0. The average Bonchev–Trinajstić information content (AvgIpc) is 2.66. The molecule has 3 heteroatoms. The largest absolute Gasteiger partial charge is 0.479 e. The van der Waals surface area contributed by atoms with E-state index in [2.05, 4.69) is 19.1 Å². The first-order valence-electron chi connectivity index (χ1n) is 11.7. The van der Waals surface area contributed by atoms with Crippen molar-refractivity contribution in [3.05, 3.63) is 12.2 Å². The third-order valence-corrected chi connectivity index (χ3v) is 5.27. The molecule has 0 aliphatic rings. The summed E-state index contributed by atoms with van der Waals surface area (Å²) in [5, 5.41) is 17.7. The average molecular weight is 383 g/mol. The van der Waals surface area contributed by atoms with Crippen LogP contribution in [0.25, 0.3) is 0 Å². The number of carboxylic acids is 1. The van der Waals surface area contributed by atoms with Crippen LogP contribution in [0.15, 0.2) is 12.2 Å². The fraction of sp³-hybridized carbons (Fsp3) is 0.875. The second-order valence-electron chi connectivity index (χ2n) is 7.99. The molecule has 27 heavy (non-hydrogen) atoms. The molecule has 3 nitrogen and oxygen atoms in total. The summed E-state index contributed by atoms with van der Waals surface area (Å²) in [5.41, 5.74) is 0. The summed E-state index contributed by atoms with van der Waals surface area (Å²) in [5.74, 6) is -1.10. The minimum Gasteiger partial charge on any atom is -0.479 e. The van der Waals surface area contributed by atoms with Crippen molar-refractivity contribution >= 4 is 5.97 Å². The Morgan fingerprint density at radius 3 is 1.44 bits per heavy atom. The zero-order chi connectivity index (χ0) is 20.0. The Morgan fingerprint density at radius 2 is 1.04 bits per heavy atom. The van der Waals surface area contributed by atoms with Crippen molar-refractivity contribution in [2.24, 2.45) is 0 Å². The number of unbranched alkanes of at least 4 members (excludes halogenated alkanes) is 16. The maximum Gasteiger partial charge on any atom is 0.332 e. The van der Waals surface area contributed by atoms with Crippen LogP contribution in [0, 0.1) is 0 Å². The van der Waals surface area contributed by atoms with E-state index in [-0.39, 0.29) is 0 Å². The molecule has 0 bridgehead atoms. The molecule has 0 saturated heterocycles. The van der Waals surface area contributed by atoms with Crippen LogP contribution in [0.3, 0.4) is 0 Å². The van der Waals surface area contributed by atoms with Gasteiger partial charge in [-0.1, -0.05) is 109 Å². The van der Waals surface area contributed by atoms with Crippen molar-refractivity contribution in [1.82, 2.24) is 0 Å². The van der Waals surface area contributed by atoms with Crippen molar-refractivity contribution in [2.45, 2.75) is 135 Å². The third-order valence-electron chi connectivity index (χ3n) is 5.27. The molecular formula is C24H46O3. The smallest absolute Gasteiger partial charge is 0.332 e. The molecule has 0 aromatic carbocycles. The number of aliphatic hydroxyl groups is 1. The van der Waals surface area contributed by atoms with Crippen molar-refractivity contribution in [1.29, 1.82) is 0 Å². The van der Waals surface area contributed by atoms with Gasteiger partial charge in [-0.25, -0.2) is 4.79 Å². The van der Waals surface area contributed by atoms with Gasteiger partial charge in [-0.2, -0.15) is 0 Å². The fourth-order valence-electron chi connectivity index (χ4n) is 3.42. The van der Waals surface area contributed by atoms with Crippen LogP contribution < -0.4 is 0 Å². The molecule has 0 fully saturated rings. The number of hydrogen-bond acceptors (Lipinski definition) is 2. The van der Waals surface area contributed by atoms with Gasteiger partial charge in [0.1, 0.15) is 0 Å². The lowest BCUT2D eigenvalue weighted by Crippen LogP contribution is -2.18. The van der Waals surface area contributed by atoms with Gasteiger partial charge in [0.15, 0.2) is 6.10 Å². The lowest BCUT2D eigenvalue weighted by Gasteiger charge is -2.04. The van der Waals surface area contributed by atoms with Crippen LogP contribution in [-0.2, 0) is 4.79 Å². The predicted octanol–water partition coefficient (Wildman–Crippen LogP) is 7.42. The third kappa shape index (κ3) is 21.3. The highest BCUT2D eigenvalue weighted by atomic mass is 16.4. The summed E-state index contributed by atoms with van der Waals surface area (Å²) in [6.45, 7) is 2.28. The maximum atomic E-state index is 10.5. The molecule has 160 valence electrons. The number of aliphatic carboxylic acids is 1. The molecule has 0 aromatic heterocycles. The Bertz CT molecular complexity index is 339. The molecule has 0 spiro atoms. The molecular weight excluding hydrogens is 336 g/mol. The van der Waals surface area contributed by atoms with Crippen LogP contribution in [0.2, 0.25) is 0 Å². The van der Waals surface area contributed by atoms with Crippen molar-refractivity contribution in [3.63, 3.8) is 0 Å². The van der Waals surface area contributed by atoms with Gasteiger partial charge in [0.05, 0.1) is 0 Å². The molecule has 0 amide bonds. The Kier molecular flexibility index (Phi) is 20.8. The van der Waals surface area contributed by atoms with Crippen LogP contribution in [0.1, 0.15) is 129 Å². The van der Waals surface area contributed by atoms with Crippen molar-refractivity contribution in [3.8, 4) is 0 Å². The number of allylic oxidation sites excluding steroid dienone is 2. The molecule has 1 atom stereocenters. The SMILES string of the molecule is CCCCCCCCCCCCCC/C=C\CCCCCCC(O)C(=O)O. The van der Waals surface area contributed by atoms with Gasteiger partial charge in [0.25, 0.3) is 0 Å². The van der Waals surface area contributed by atoms with Crippen LogP contribution in [0.5, 0.6) is 0 Å². The van der Waals surface area contributed by atoms with Gasteiger partial charge in [-0.15, -0.1) is 0 Å². The normalized spacial score (nSPS) is 12.7. The lowest BCUT2D eigenvalue weighted by atomic mass is 10.0. The van der Waals surface area contributed by atoms with Crippen molar-refractivity contribution < 1.29 is 15.0 Å². The zero-order valence-electron chi connectivity index (χ0n) is 18.0. The molecule has 0 aromatic rings. The van der Waals surface area contributed by atoms with Crippen LogP contribution in [0.4, 0.5) is 0 Å². The minimum atomic E-state index is -1.18. The van der Waals surface area contributed by atoms with E-state index in [4.69, 9.17) is 10.2 Å². The van der Waals surface area contributed by atoms with E-state index in [1.165, 1.54) is 83.5 Å². The van der Waals surface area contributed by atoms with E-state index in [1.54, 1.807) is 0 Å². The lowest BCUT2D eigenvalue weighted by molar-refractivity contribution is -0.146. The number of rotatable bonds is 21. The standard InChI is InChI=1S/C24H46O3/c1-2-3-4-5-6-7-8-9-10-11-12-13-14-15-16-17-18-19-20-21-22-23(25)24(26)27/h15-16,23,25H,2-14,17-22H2,1H3,(H,26,27)/b16-15-. The fourth-order valence-corrected chi connectivity index (χ4v) is 3.42. The predicted molar refractivity (Wildman–Crippen MR) is 116 cm³/mol. The van der Waals surface area contributed by atoms with E-state index < -0.39 is 12.1 Å². The maximum absolute atomic E-state index is 10.5. The van der Waals surface area contributed by atoms with Gasteiger partial charge in [-0.3, -0.25) is 0 Å². The summed E-state index contributed by atoms with van der Waals surface area (Å²) in [6.07, 6.45) is 27.1. The highest BCUT2D eigenvalue weighted by Crippen LogP contribution is 2.13. The number of aliphatic hydroxyl groups excluding tert-OH is 1. The number of carbonyl (C=O) groups is 1. The molecule has 0 radical (unpaired) electrons. The second kappa shape index (κ2) is 21.5. The highest BCUT2D eigenvalue weighted by Gasteiger charge is 2.11. The molecule has 0 aliphatic heterocycles. The molecule has 1 unspecified atom stereocenters. The Hall–Kier alpha value is -0.830. The van der Waals surface area contributed by atoms with Gasteiger partial charge >= 0.3 is 5.97 Å². The Labute approximate surface area is 168 Å². The van der Waals surface area contributed by atoms with E-state index in [9.17, 15) is 4.79 Å². The molecule has 2 N–H and O–H groups in total. The van der Waals surface area contributed by atoms with E-state index in [0.717, 1.165) is 32.1 Å². The van der Waals surface area contributed by atoms with E-state index >= 15 is 0 Å². The number of carboxylic acid groups (broad SMARTS) is 1. The van der Waals surface area contributed by atoms with Gasteiger partial charge < -0.3 is 10.2 Å². The van der Waals surface area contributed by atoms with Gasteiger partial charge in [0, 0.05) is 0 Å². The first-order valence-corrected chi connectivity index (χ1v) is 11.7. The number of hydrogen-bond donors (Lipinski definition) is 2. The Balaban J connectivity index is 3.14. The monoisotopic (exact) mass is 382 g/mol. The van der Waals surface area contributed by atoms with Gasteiger partial charge in [-0.05, 0) is 32.1 Å². The molecule has 0 rings (SSSR count). The second-order valence-corrected chi connectivity index (χ2v) is 7.99. The molecule has 0 heterocycles. The highest BCUT2D eigenvalue weighted by molar-refractivity contribution is 5.71. The summed E-state index contributed by atoms with van der Waals surface area (Å²) >= 11 is 0. The molecule has 0 saturated carbocycles. The van der Waals surface area contributed by atoms with Crippen molar-refractivity contribution in [2.75, 3.05) is 0 Å². The first-order chi connectivity index (χ1) is 13.2. The van der Waals surface area contributed by atoms with E-state index in [1.807, 2.05) is 0 Å². The molecule has 0 aliphatic carbocycles. The summed E-state index contributed by atoms with van der Waals surface area (Å²) in [7, 11) is 0. The van der Waals surface area contributed by atoms with Crippen LogP contribution >= 0.6 is 0 Å². The first kappa shape index (κ1) is 26.2. The quantitative estimate of drug-likeness (QED) is 0.160. The topological polar surface area (TPSA) is 57.5 Å². The zero-order valence-corrected chi connectivity index (χ0v) is 18.0. The Morgan fingerprint density at radius 1 is 0.667 bits per heavy atom. The van der Waals surface area contributed by atoms with E-state index in [0.29, 0.717) is 6.42 Å².